The second-order valence-corrected chi connectivity index (χ2v) is 7.65. The summed E-state index contributed by atoms with van der Waals surface area (Å²) in [6.07, 6.45) is 0. The van der Waals surface area contributed by atoms with Crippen LogP contribution in [0.1, 0.15) is 23.7 Å². The maximum absolute atomic E-state index is 12.2. The molecule has 1 aromatic heterocycles. The minimum atomic E-state index is -0.0686. The average Bonchev–Trinajstić information content (AvgIpc) is 3.05. The lowest BCUT2D eigenvalue weighted by atomic mass is 10.1. The fourth-order valence-corrected chi connectivity index (χ4v) is 3.74. The number of nitrogens with zero attached hydrogens (tertiary/aromatic N) is 2. The summed E-state index contributed by atoms with van der Waals surface area (Å²) in [4.78, 5) is 18.5. The molecule has 3 rings (SSSR count). The van der Waals surface area contributed by atoms with Crippen LogP contribution < -0.4 is 9.64 Å². The number of rotatable bonds is 5. The predicted molar refractivity (Wildman–Crippen MR) is 109 cm³/mol. The lowest BCUT2D eigenvalue weighted by Crippen LogP contribution is -2.22. The smallest absolute Gasteiger partial charge is 0.230 e. The molecule has 3 aromatic rings. The lowest BCUT2D eigenvalue weighted by molar-refractivity contribution is -0.115. The van der Waals surface area contributed by atoms with Crippen molar-refractivity contribution < 1.29 is 9.53 Å². The normalized spacial score (nSPS) is 10.6. The molecule has 0 radical (unpaired) electrons. The third kappa shape index (κ3) is 4.14. The molecule has 0 saturated carbocycles. The second kappa shape index (κ2) is 8.01. The molecule has 1 heterocycles. The highest BCUT2D eigenvalue weighted by molar-refractivity contribution is 9.10. The third-order valence-electron chi connectivity index (χ3n) is 4.01. The Hall–Kier alpha value is -2.18. The van der Waals surface area contributed by atoms with Crippen molar-refractivity contribution in [3.63, 3.8) is 0 Å². The van der Waals surface area contributed by atoms with E-state index in [1.165, 1.54) is 16.9 Å². The summed E-state index contributed by atoms with van der Waals surface area (Å²) < 4.78 is 6.71. The van der Waals surface area contributed by atoms with Crippen molar-refractivity contribution >= 4 is 44.0 Å². The molecular weight excluding hydrogens is 412 g/mol. The molecule has 0 aliphatic rings. The highest BCUT2D eigenvalue weighted by Crippen LogP contribution is 2.31. The number of thiazole rings is 1. The summed E-state index contributed by atoms with van der Waals surface area (Å²) in [6, 6.07) is 13.7. The van der Waals surface area contributed by atoms with E-state index in [-0.39, 0.29) is 5.91 Å². The zero-order valence-corrected chi connectivity index (χ0v) is 17.2. The molecule has 0 spiro atoms. The number of carbonyl (C=O) groups is 1. The van der Waals surface area contributed by atoms with Gasteiger partial charge in [0.15, 0.2) is 5.13 Å². The third-order valence-corrected chi connectivity index (χ3v) is 5.54. The highest BCUT2D eigenvalue weighted by atomic mass is 79.9. The van der Waals surface area contributed by atoms with E-state index in [4.69, 9.17) is 4.74 Å². The monoisotopic (exact) mass is 430 g/mol. The van der Waals surface area contributed by atoms with Crippen LogP contribution in [0.3, 0.4) is 0 Å². The van der Waals surface area contributed by atoms with E-state index in [0.29, 0.717) is 11.7 Å². The second-order valence-electron chi connectivity index (χ2n) is 5.96. The molecule has 0 unspecified atom stereocenters. The maximum atomic E-state index is 12.2. The fraction of sp³-hybridized carbons (Fsp3) is 0.200. The van der Waals surface area contributed by atoms with E-state index < -0.39 is 0 Å². The highest BCUT2D eigenvalue weighted by Gasteiger charge is 2.18. The van der Waals surface area contributed by atoms with Crippen molar-refractivity contribution in [1.82, 2.24) is 4.98 Å². The molecule has 2 aromatic carbocycles. The van der Waals surface area contributed by atoms with Crippen LogP contribution in [0.15, 0.2) is 52.3 Å². The van der Waals surface area contributed by atoms with E-state index in [1.54, 1.807) is 11.8 Å². The molecule has 0 bridgehead atoms. The Morgan fingerprint density at radius 1 is 1.19 bits per heavy atom. The zero-order chi connectivity index (χ0) is 18.7. The van der Waals surface area contributed by atoms with Gasteiger partial charge in [0.05, 0.1) is 15.9 Å². The van der Waals surface area contributed by atoms with Crippen molar-refractivity contribution in [2.24, 2.45) is 0 Å². The summed E-state index contributed by atoms with van der Waals surface area (Å²) >= 11 is 4.90. The van der Waals surface area contributed by atoms with Gasteiger partial charge in [0, 0.05) is 12.3 Å². The number of benzene rings is 2. The minimum Gasteiger partial charge on any atom is -0.486 e. The Kier molecular flexibility index (Phi) is 5.74. The van der Waals surface area contributed by atoms with Crippen molar-refractivity contribution in [1.29, 1.82) is 0 Å². The lowest BCUT2D eigenvalue weighted by Gasteiger charge is -2.19. The van der Waals surface area contributed by atoms with Gasteiger partial charge < -0.3 is 4.74 Å². The number of ether oxygens (including phenoxy) is 1. The molecule has 26 heavy (non-hydrogen) atoms. The van der Waals surface area contributed by atoms with Crippen LogP contribution in [0.25, 0.3) is 0 Å². The first-order chi connectivity index (χ1) is 12.5. The first-order valence-electron chi connectivity index (χ1n) is 8.15. The first kappa shape index (κ1) is 18.6. The molecule has 0 atom stereocenters. The SMILES string of the molecule is CC(=O)N(c1ccc(C)c(C)c1)c1nc(COc2ccccc2Br)cs1. The van der Waals surface area contributed by atoms with Gasteiger partial charge >= 0.3 is 0 Å². The van der Waals surface area contributed by atoms with Gasteiger partial charge in [-0.2, -0.15) is 0 Å². The molecule has 0 aliphatic heterocycles. The number of hydrogen-bond acceptors (Lipinski definition) is 4. The number of anilines is 2. The number of hydrogen-bond donors (Lipinski definition) is 0. The van der Waals surface area contributed by atoms with Gasteiger partial charge in [0.1, 0.15) is 12.4 Å². The Labute approximate surface area is 165 Å². The van der Waals surface area contributed by atoms with Crippen LogP contribution in [0.5, 0.6) is 5.75 Å². The molecular formula is C20H19BrN2O2S. The van der Waals surface area contributed by atoms with Crippen molar-refractivity contribution in [2.75, 3.05) is 4.90 Å². The number of carbonyl (C=O) groups excluding carboxylic acids is 1. The minimum absolute atomic E-state index is 0.0686. The van der Waals surface area contributed by atoms with Gasteiger partial charge in [-0.1, -0.05) is 18.2 Å². The number of aryl methyl sites for hydroxylation is 2. The van der Waals surface area contributed by atoms with E-state index in [1.807, 2.05) is 54.8 Å². The fourth-order valence-electron chi connectivity index (χ4n) is 2.47. The zero-order valence-electron chi connectivity index (χ0n) is 14.8. The molecule has 0 aliphatic carbocycles. The first-order valence-corrected chi connectivity index (χ1v) is 9.82. The molecule has 0 N–H and O–H groups in total. The van der Waals surface area contributed by atoms with Crippen LogP contribution >= 0.6 is 27.3 Å². The maximum Gasteiger partial charge on any atom is 0.230 e. The summed E-state index contributed by atoms with van der Waals surface area (Å²) in [5.41, 5.74) is 3.95. The number of para-hydroxylation sites is 1. The van der Waals surface area contributed by atoms with E-state index in [0.717, 1.165) is 27.2 Å². The van der Waals surface area contributed by atoms with Crippen LogP contribution in [0.2, 0.25) is 0 Å². The topological polar surface area (TPSA) is 42.4 Å². The van der Waals surface area contributed by atoms with Gasteiger partial charge in [-0.25, -0.2) is 4.98 Å². The van der Waals surface area contributed by atoms with Crippen LogP contribution in [-0.2, 0) is 11.4 Å². The van der Waals surface area contributed by atoms with E-state index in [9.17, 15) is 4.79 Å². The summed E-state index contributed by atoms with van der Waals surface area (Å²) in [5, 5.41) is 2.56. The quantitative estimate of drug-likeness (QED) is 0.514. The largest absolute Gasteiger partial charge is 0.486 e. The molecule has 4 nitrogen and oxygen atoms in total. The van der Waals surface area contributed by atoms with Crippen molar-refractivity contribution in [3.05, 3.63) is 69.1 Å². The van der Waals surface area contributed by atoms with Gasteiger partial charge in [-0.3, -0.25) is 9.69 Å². The molecule has 6 heteroatoms. The predicted octanol–water partition coefficient (Wildman–Crippen LogP) is 5.79. The Bertz CT molecular complexity index is 939. The number of amides is 1. The molecule has 0 saturated heterocycles. The summed E-state index contributed by atoms with van der Waals surface area (Å²) in [6.45, 7) is 5.99. The average molecular weight is 431 g/mol. The van der Waals surface area contributed by atoms with Crippen molar-refractivity contribution in [2.45, 2.75) is 27.4 Å². The Morgan fingerprint density at radius 3 is 2.65 bits per heavy atom. The van der Waals surface area contributed by atoms with Crippen LogP contribution in [0, 0.1) is 13.8 Å². The molecule has 1 amide bonds. The van der Waals surface area contributed by atoms with Crippen LogP contribution in [-0.4, -0.2) is 10.9 Å². The van der Waals surface area contributed by atoms with E-state index in [2.05, 4.69) is 27.8 Å². The standard InChI is InChI=1S/C20H19BrN2O2S/c1-13-8-9-17(10-14(13)2)23(15(3)24)20-22-16(12-26-20)11-25-19-7-5-4-6-18(19)21/h4-10,12H,11H2,1-3H3. The van der Waals surface area contributed by atoms with Gasteiger partial charge in [0.25, 0.3) is 0 Å². The van der Waals surface area contributed by atoms with Crippen LogP contribution in [0.4, 0.5) is 10.8 Å². The van der Waals surface area contributed by atoms with Gasteiger partial charge in [0.2, 0.25) is 5.91 Å². The summed E-state index contributed by atoms with van der Waals surface area (Å²) in [5.74, 6) is 0.695. The molecule has 0 fully saturated rings. The number of halogens is 1. The van der Waals surface area contributed by atoms with Crippen molar-refractivity contribution in [3.8, 4) is 5.75 Å². The summed E-state index contributed by atoms with van der Waals surface area (Å²) in [7, 11) is 0. The molecule has 134 valence electrons. The number of aromatic nitrogens is 1. The van der Waals surface area contributed by atoms with Gasteiger partial charge in [-0.05, 0) is 65.2 Å². The van der Waals surface area contributed by atoms with E-state index >= 15 is 0 Å². The van der Waals surface area contributed by atoms with Gasteiger partial charge in [-0.15, -0.1) is 11.3 Å². The Balaban J connectivity index is 1.80. The Morgan fingerprint density at radius 2 is 1.96 bits per heavy atom.